The van der Waals surface area contributed by atoms with E-state index in [0.29, 0.717) is 6.54 Å². The monoisotopic (exact) mass is 415 g/mol. The third kappa shape index (κ3) is 5.12. The molecule has 3 aromatic carbocycles. The molecule has 0 unspecified atom stereocenters. The maximum absolute atomic E-state index is 12.7. The number of piperidine rings is 1. The predicted molar refractivity (Wildman–Crippen MR) is 126 cm³/mol. The molecule has 0 atom stereocenters. The Kier molecular flexibility index (Phi) is 6.33. The van der Waals surface area contributed by atoms with Crippen LogP contribution >= 0.6 is 0 Å². The van der Waals surface area contributed by atoms with Crippen LogP contribution in [0.4, 0.5) is 11.4 Å². The van der Waals surface area contributed by atoms with Gasteiger partial charge < -0.3 is 10.6 Å². The van der Waals surface area contributed by atoms with Gasteiger partial charge in [0, 0.05) is 22.7 Å². The van der Waals surface area contributed by atoms with Gasteiger partial charge in [0.25, 0.3) is 0 Å². The molecule has 1 heterocycles. The SMILES string of the molecule is Cc1ccc(NC(=O)C2CCN(CC(=O)Nc3cccc4ccccc34)CC2)c(C)c1. The molecule has 1 saturated heterocycles. The van der Waals surface area contributed by atoms with Crippen LogP contribution in [0, 0.1) is 19.8 Å². The number of nitrogens with zero attached hydrogens (tertiary/aromatic N) is 1. The minimum Gasteiger partial charge on any atom is -0.326 e. The maximum Gasteiger partial charge on any atom is 0.238 e. The van der Waals surface area contributed by atoms with Crippen molar-refractivity contribution in [2.75, 3.05) is 30.3 Å². The van der Waals surface area contributed by atoms with Crippen molar-refractivity contribution < 1.29 is 9.59 Å². The van der Waals surface area contributed by atoms with Gasteiger partial charge in [-0.3, -0.25) is 14.5 Å². The molecule has 3 aromatic rings. The van der Waals surface area contributed by atoms with Gasteiger partial charge in [-0.15, -0.1) is 0 Å². The lowest BCUT2D eigenvalue weighted by molar-refractivity contribution is -0.121. The molecule has 5 nitrogen and oxygen atoms in total. The molecule has 0 saturated carbocycles. The molecular formula is C26H29N3O2. The summed E-state index contributed by atoms with van der Waals surface area (Å²) in [5, 5.41) is 8.27. The number of carbonyl (C=O) groups excluding carboxylic acids is 2. The topological polar surface area (TPSA) is 61.4 Å². The minimum absolute atomic E-state index is 0.0157. The number of amides is 2. The molecule has 1 fully saturated rings. The molecule has 31 heavy (non-hydrogen) atoms. The fourth-order valence-electron chi connectivity index (χ4n) is 4.27. The van der Waals surface area contributed by atoms with Crippen LogP contribution in [0.5, 0.6) is 0 Å². The summed E-state index contributed by atoms with van der Waals surface area (Å²) in [6.07, 6.45) is 1.52. The highest BCUT2D eigenvalue weighted by molar-refractivity contribution is 6.02. The Morgan fingerprint density at radius 3 is 2.42 bits per heavy atom. The number of fused-ring (bicyclic) bond motifs is 1. The number of hydrogen-bond acceptors (Lipinski definition) is 3. The fourth-order valence-corrected chi connectivity index (χ4v) is 4.27. The Bertz CT molecular complexity index is 1100. The predicted octanol–water partition coefficient (Wildman–Crippen LogP) is 4.75. The van der Waals surface area contributed by atoms with Crippen molar-refractivity contribution in [1.82, 2.24) is 4.90 Å². The first-order chi connectivity index (χ1) is 15.0. The Morgan fingerprint density at radius 1 is 0.903 bits per heavy atom. The lowest BCUT2D eigenvalue weighted by Crippen LogP contribution is -2.41. The average molecular weight is 416 g/mol. The van der Waals surface area contributed by atoms with Gasteiger partial charge in [-0.1, -0.05) is 54.1 Å². The van der Waals surface area contributed by atoms with E-state index in [0.717, 1.165) is 53.6 Å². The molecule has 0 aliphatic carbocycles. The number of carbonyl (C=O) groups is 2. The van der Waals surface area contributed by atoms with Gasteiger partial charge in [0.05, 0.1) is 6.54 Å². The van der Waals surface area contributed by atoms with Gasteiger partial charge in [0.15, 0.2) is 0 Å². The number of nitrogens with one attached hydrogen (secondary N) is 2. The number of hydrogen-bond donors (Lipinski definition) is 2. The number of benzene rings is 3. The largest absolute Gasteiger partial charge is 0.326 e. The number of anilines is 2. The van der Waals surface area contributed by atoms with Crippen LogP contribution in [0.3, 0.4) is 0 Å². The molecule has 0 spiro atoms. The summed E-state index contributed by atoms with van der Waals surface area (Å²) in [6, 6.07) is 20.0. The van der Waals surface area contributed by atoms with E-state index in [4.69, 9.17) is 0 Å². The summed E-state index contributed by atoms with van der Waals surface area (Å²) >= 11 is 0. The van der Waals surface area contributed by atoms with E-state index in [-0.39, 0.29) is 17.7 Å². The number of aryl methyl sites for hydroxylation is 2. The van der Waals surface area contributed by atoms with Crippen LogP contribution in [-0.2, 0) is 9.59 Å². The molecule has 1 aliphatic heterocycles. The standard InChI is InChI=1S/C26H29N3O2/c1-18-10-11-23(19(2)16-18)28-26(31)21-12-14-29(15-13-21)17-25(30)27-24-9-5-7-20-6-3-4-8-22(20)24/h3-11,16,21H,12-15,17H2,1-2H3,(H,27,30)(H,28,31). The first kappa shape index (κ1) is 21.1. The zero-order valence-corrected chi connectivity index (χ0v) is 18.2. The van der Waals surface area contributed by atoms with E-state index in [1.54, 1.807) is 0 Å². The molecule has 0 bridgehead atoms. The molecule has 4 rings (SSSR count). The van der Waals surface area contributed by atoms with Gasteiger partial charge in [-0.2, -0.15) is 0 Å². The van der Waals surface area contributed by atoms with Gasteiger partial charge in [0.1, 0.15) is 0 Å². The van der Waals surface area contributed by atoms with Crippen LogP contribution < -0.4 is 10.6 Å². The van der Waals surface area contributed by atoms with E-state index in [2.05, 4.69) is 21.6 Å². The third-order valence-electron chi connectivity index (χ3n) is 6.03. The molecule has 2 N–H and O–H groups in total. The first-order valence-electron chi connectivity index (χ1n) is 10.9. The fraction of sp³-hybridized carbons (Fsp3) is 0.308. The summed E-state index contributed by atoms with van der Waals surface area (Å²) in [6.45, 7) is 5.89. The summed E-state index contributed by atoms with van der Waals surface area (Å²) in [7, 11) is 0. The molecule has 2 amide bonds. The lowest BCUT2D eigenvalue weighted by atomic mass is 9.95. The van der Waals surface area contributed by atoms with E-state index in [1.807, 2.05) is 68.4 Å². The minimum atomic E-state index is -0.0189. The van der Waals surface area contributed by atoms with Gasteiger partial charge in [0.2, 0.25) is 11.8 Å². The van der Waals surface area contributed by atoms with E-state index >= 15 is 0 Å². The average Bonchev–Trinajstić information content (AvgIpc) is 2.76. The quantitative estimate of drug-likeness (QED) is 0.632. The Labute approximate surface area is 183 Å². The summed E-state index contributed by atoms with van der Waals surface area (Å²) < 4.78 is 0. The molecule has 1 aliphatic rings. The van der Waals surface area contributed by atoms with Crippen molar-refractivity contribution >= 4 is 34.0 Å². The smallest absolute Gasteiger partial charge is 0.238 e. The summed E-state index contributed by atoms with van der Waals surface area (Å²) in [5.74, 6) is 0.0411. The Hall–Kier alpha value is -3.18. The van der Waals surface area contributed by atoms with E-state index in [9.17, 15) is 9.59 Å². The zero-order chi connectivity index (χ0) is 21.8. The second-order valence-electron chi connectivity index (χ2n) is 8.43. The Balaban J connectivity index is 1.28. The van der Waals surface area contributed by atoms with Crippen molar-refractivity contribution in [2.45, 2.75) is 26.7 Å². The van der Waals surface area contributed by atoms with Crippen molar-refractivity contribution in [1.29, 1.82) is 0 Å². The zero-order valence-electron chi connectivity index (χ0n) is 18.2. The highest BCUT2D eigenvalue weighted by Gasteiger charge is 2.26. The van der Waals surface area contributed by atoms with Crippen LogP contribution in [-0.4, -0.2) is 36.3 Å². The van der Waals surface area contributed by atoms with Crippen molar-refractivity contribution in [3.05, 3.63) is 71.8 Å². The lowest BCUT2D eigenvalue weighted by Gasteiger charge is -2.30. The highest BCUT2D eigenvalue weighted by atomic mass is 16.2. The van der Waals surface area contributed by atoms with Crippen molar-refractivity contribution in [2.24, 2.45) is 5.92 Å². The summed E-state index contributed by atoms with van der Waals surface area (Å²) in [4.78, 5) is 27.4. The van der Waals surface area contributed by atoms with Crippen LogP contribution in [0.2, 0.25) is 0 Å². The second-order valence-corrected chi connectivity index (χ2v) is 8.43. The third-order valence-corrected chi connectivity index (χ3v) is 6.03. The molecule has 160 valence electrons. The maximum atomic E-state index is 12.7. The van der Waals surface area contributed by atoms with Crippen molar-refractivity contribution in [3.63, 3.8) is 0 Å². The Morgan fingerprint density at radius 2 is 1.65 bits per heavy atom. The van der Waals surface area contributed by atoms with Crippen molar-refractivity contribution in [3.8, 4) is 0 Å². The van der Waals surface area contributed by atoms with Gasteiger partial charge in [-0.05, 0) is 62.9 Å². The highest BCUT2D eigenvalue weighted by Crippen LogP contribution is 2.24. The summed E-state index contributed by atoms with van der Waals surface area (Å²) in [5.41, 5.74) is 3.99. The number of likely N-dealkylation sites (tertiary alicyclic amines) is 1. The van der Waals surface area contributed by atoms with Crippen LogP contribution in [0.1, 0.15) is 24.0 Å². The van der Waals surface area contributed by atoms with E-state index in [1.165, 1.54) is 5.56 Å². The number of rotatable bonds is 5. The normalized spacial score (nSPS) is 15.0. The molecule has 0 radical (unpaired) electrons. The molecule has 5 heteroatoms. The van der Waals surface area contributed by atoms with Crippen LogP contribution in [0.15, 0.2) is 60.7 Å². The van der Waals surface area contributed by atoms with E-state index < -0.39 is 0 Å². The first-order valence-corrected chi connectivity index (χ1v) is 10.9. The van der Waals surface area contributed by atoms with Crippen LogP contribution in [0.25, 0.3) is 10.8 Å². The van der Waals surface area contributed by atoms with Gasteiger partial charge in [-0.25, -0.2) is 0 Å². The molecule has 0 aromatic heterocycles. The van der Waals surface area contributed by atoms with Gasteiger partial charge >= 0.3 is 0 Å². The molecular weight excluding hydrogens is 386 g/mol. The second kappa shape index (κ2) is 9.31.